The van der Waals surface area contributed by atoms with Gasteiger partial charge in [-0.3, -0.25) is 0 Å². The molecule has 0 aromatic rings. The molecular weight excluding hydrogens is 226 g/mol. The van der Waals surface area contributed by atoms with Crippen LogP contribution in [0.5, 0.6) is 0 Å². The molecule has 0 saturated heterocycles. The van der Waals surface area contributed by atoms with E-state index in [1.807, 2.05) is 0 Å². The third-order valence-corrected chi connectivity index (χ3v) is 0. The number of hydrogen-bond donors (Lipinski definition) is 0. The molecule has 0 aromatic heterocycles. The molecule has 14 heavy (non-hydrogen) atoms. The maximum atomic E-state index is 8.25. The molecule has 0 bridgehead atoms. The largest absolute Gasteiger partial charge is 1.00 e. The monoisotopic (exact) mass is 246 g/mol. The van der Waals surface area contributed by atoms with E-state index in [-0.39, 0.29) is 84.3 Å². The molecule has 0 spiro atoms. The van der Waals surface area contributed by atoms with Crippen LogP contribution in [-0.4, -0.2) is 62.1 Å². The molecule has 0 atom stereocenters. The van der Waals surface area contributed by atoms with Crippen molar-refractivity contribution in [2.45, 2.75) is 0 Å². The predicted molar refractivity (Wildman–Crippen MR) is 42.6 cm³/mol. The summed E-state index contributed by atoms with van der Waals surface area (Å²) in [6, 6.07) is 0. The van der Waals surface area contributed by atoms with E-state index in [4.69, 9.17) is 9.73 Å². The first-order chi connectivity index (χ1) is 1.41. The zero-order valence-electron chi connectivity index (χ0n) is 7.39. The van der Waals surface area contributed by atoms with Crippen molar-refractivity contribution >= 4 is 7.35 Å². The van der Waals surface area contributed by atoms with Gasteiger partial charge in [0.1, 0.15) is 0 Å². The Balaban J connectivity index is -0.000000000364. The molecule has 12 nitrogen and oxygen atoms in total. The van der Waals surface area contributed by atoms with Gasteiger partial charge in [-0.05, 0) is 0 Å². The summed E-state index contributed by atoms with van der Waals surface area (Å²) in [6.07, 6.45) is 0. The number of hydrogen-bond acceptors (Lipinski definition) is 2. The molecule has 0 aliphatic heterocycles. The average Bonchev–Trinajstić information content (AvgIpc) is 0.918. The Kier molecular flexibility index (Phi) is 43600. The Labute approximate surface area is 102 Å². The van der Waals surface area contributed by atoms with Crippen LogP contribution < -0.4 is 34.6 Å². The normalized spacial score (nSPS) is 0.571. The van der Waals surface area contributed by atoms with Crippen LogP contribution >= 0.6 is 0 Å². The first-order valence-corrected chi connectivity index (χ1v) is 0.471. The van der Waals surface area contributed by atoms with Crippen LogP contribution in [0.3, 0.4) is 0 Å². The molecule has 0 aromatic carbocycles. The standard InChI is InChI=1S/BO2.Na.10H2O/c2-1-3;;;;;;;;;;;/h;;10*1H2/q-1;+1;;;;;;;;;;. The first-order valence-electron chi connectivity index (χ1n) is 0.471. The summed E-state index contributed by atoms with van der Waals surface area (Å²) >= 11 is 0. The van der Waals surface area contributed by atoms with Gasteiger partial charge in [-0.2, -0.15) is 0 Å². The smallest absolute Gasteiger partial charge is 1.00 e. The van der Waals surface area contributed by atoms with Crippen molar-refractivity contribution in [3.8, 4) is 0 Å². The Morgan fingerprint density at radius 1 is 0.571 bits per heavy atom. The van der Waals surface area contributed by atoms with Crippen molar-refractivity contribution in [1.82, 2.24) is 0 Å². The van der Waals surface area contributed by atoms with E-state index in [2.05, 4.69) is 0 Å². The molecule has 0 saturated carbocycles. The molecule has 20 N–H and O–H groups in total. The van der Waals surface area contributed by atoms with Crippen LogP contribution in [0.2, 0.25) is 0 Å². The fraction of sp³-hybridized carbons (Fsp3) is 0. The van der Waals surface area contributed by atoms with Gasteiger partial charge in [0.25, 0.3) is 0 Å². The quantitative estimate of drug-likeness (QED) is 0.375. The van der Waals surface area contributed by atoms with Gasteiger partial charge in [-0.1, -0.05) is 0 Å². The van der Waals surface area contributed by atoms with E-state index in [0.29, 0.717) is 0 Å². The summed E-state index contributed by atoms with van der Waals surface area (Å²) in [5.74, 6) is 0. The molecule has 0 heterocycles. The molecule has 0 amide bonds. The Morgan fingerprint density at radius 2 is 0.571 bits per heavy atom. The second-order valence-electron chi connectivity index (χ2n) is 0.0962. The van der Waals surface area contributed by atoms with Crippen LogP contribution in [0.1, 0.15) is 0 Å². The topological polar surface area (TPSA) is 355 Å². The van der Waals surface area contributed by atoms with E-state index in [1.165, 1.54) is 0 Å². The minimum Gasteiger partial charge on any atom is 1.00 e. The van der Waals surface area contributed by atoms with E-state index < -0.39 is 7.35 Å². The molecule has 0 fully saturated rings. The Morgan fingerprint density at radius 3 is 0.571 bits per heavy atom. The van der Waals surface area contributed by atoms with E-state index in [1.54, 1.807) is 0 Å². The SMILES string of the molecule is O.O.O.O.O.O.O.O.O.O.O=B[O-].[Na+]. The van der Waals surface area contributed by atoms with Crippen molar-refractivity contribution < 1.29 is 94.0 Å². The van der Waals surface area contributed by atoms with Crippen molar-refractivity contribution in [2.75, 3.05) is 0 Å². The molecule has 0 unspecified atom stereocenters. The summed E-state index contributed by atoms with van der Waals surface area (Å²) in [6.45, 7) is 0. The van der Waals surface area contributed by atoms with Gasteiger partial charge in [0.05, 0.1) is 0 Å². The van der Waals surface area contributed by atoms with Gasteiger partial charge in [0, 0.05) is 0 Å². The van der Waals surface area contributed by atoms with Crippen molar-refractivity contribution in [2.24, 2.45) is 0 Å². The molecule has 0 aliphatic carbocycles. The van der Waals surface area contributed by atoms with Crippen LogP contribution in [0.15, 0.2) is 0 Å². The second kappa shape index (κ2) is 1250. The first kappa shape index (κ1) is 489. The van der Waals surface area contributed by atoms with Crippen molar-refractivity contribution in [3.63, 3.8) is 0 Å². The summed E-state index contributed by atoms with van der Waals surface area (Å²) < 4.78 is 8.25. The van der Waals surface area contributed by atoms with E-state index in [0.717, 1.165) is 0 Å². The fourth-order valence-electron chi connectivity index (χ4n) is 0. The van der Waals surface area contributed by atoms with Gasteiger partial charge in [-0.15, -0.1) is 0 Å². The molecule has 96 valence electrons. The van der Waals surface area contributed by atoms with Gasteiger partial charge < -0.3 is 54.8 Å². The van der Waals surface area contributed by atoms with Gasteiger partial charge in [-0.25, -0.2) is 0 Å². The third kappa shape index (κ3) is 22200. The number of rotatable bonds is 0. The minimum absolute atomic E-state index is 0. The van der Waals surface area contributed by atoms with Gasteiger partial charge >= 0.3 is 46.6 Å². The maximum Gasteiger partial charge on any atom is 1.00 e. The third-order valence-electron chi connectivity index (χ3n) is 0. The predicted octanol–water partition coefficient (Wildman–Crippen LogP) is -12.9. The summed E-state index contributed by atoms with van der Waals surface area (Å²) in [7, 11) is -0.500. The summed E-state index contributed by atoms with van der Waals surface area (Å²) in [4.78, 5) is 0. The van der Waals surface area contributed by atoms with Gasteiger partial charge in [0.2, 0.25) is 0 Å². The minimum atomic E-state index is -0.500. The van der Waals surface area contributed by atoms with E-state index >= 15 is 0 Å². The molecular formula is H20BNaO12. The summed E-state index contributed by atoms with van der Waals surface area (Å²) in [5.41, 5.74) is 0. The van der Waals surface area contributed by atoms with Crippen LogP contribution in [0, 0.1) is 0 Å². The van der Waals surface area contributed by atoms with Crippen LogP contribution in [0.4, 0.5) is 0 Å². The van der Waals surface area contributed by atoms with Crippen molar-refractivity contribution in [1.29, 1.82) is 0 Å². The molecule has 14 heteroatoms. The molecule has 0 aliphatic rings. The Hall–Kier alpha value is 0.265. The zero-order valence-corrected chi connectivity index (χ0v) is 9.39. The Bertz CT molecular complexity index is 17.8. The van der Waals surface area contributed by atoms with Crippen molar-refractivity contribution in [3.05, 3.63) is 0 Å². The zero-order chi connectivity index (χ0) is 2.71. The maximum absolute atomic E-state index is 8.25. The van der Waals surface area contributed by atoms with Gasteiger partial charge in [0.15, 0.2) is 0 Å². The summed E-state index contributed by atoms with van der Waals surface area (Å²) in [5, 5.41) is 8.25. The molecule has 0 rings (SSSR count). The fourth-order valence-corrected chi connectivity index (χ4v) is 0. The van der Waals surface area contributed by atoms with Crippen LogP contribution in [-0.2, 0) is 4.70 Å². The van der Waals surface area contributed by atoms with Crippen LogP contribution in [0.25, 0.3) is 0 Å². The average molecular weight is 246 g/mol. The second-order valence-corrected chi connectivity index (χ2v) is 0.0962. The molecule has 0 radical (unpaired) electrons. The van der Waals surface area contributed by atoms with E-state index in [9.17, 15) is 0 Å².